The van der Waals surface area contributed by atoms with Crippen molar-refractivity contribution in [3.8, 4) is 0 Å². The van der Waals surface area contributed by atoms with Crippen LogP contribution >= 0.6 is 0 Å². The van der Waals surface area contributed by atoms with Crippen molar-refractivity contribution in [3.63, 3.8) is 0 Å². The lowest BCUT2D eigenvalue weighted by atomic mass is 10.2. The lowest BCUT2D eigenvalue weighted by Gasteiger charge is -1.89. The molecule has 1 rings (SSSR count). The van der Waals surface area contributed by atoms with E-state index in [2.05, 4.69) is 6.07 Å². The molecule has 1 aromatic rings. The van der Waals surface area contributed by atoms with Crippen molar-refractivity contribution < 1.29 is 4.39 Å². The number of benzene rings is 1. The monoisotopic (exact) mass is 135 g/mol. The van der Waals surface area contributed by atoms with E-state index >= 15 is 0 Å². The zero-order valence-corrected chi connectivity index (χ0v) is 5.76. The molecule has 0 atom stereocenters. The van der Waals surface area contributed by atoms with Gasteiger partial charge in [0.05, 0.1) is 0 Å². The number of hydrogen-bond donors (Lipinski definition) is 0. The van der Waals surface area contributed by atoms with Gasteiger partial charge in [-0.15, -0.1) is 0 Å². The summed E-state index contributed by atoms with van der Waals surface area (Å²) in [5, 5.41) is 0. The van der Waals surface area contributed by atoms with E-state index in [1.54, 1.807) is 6.07 Å². The van der Waals surface area contributed by atoms with E-state index in [0.717, 1.165) is 5.56 Å². The maximum absolute atomic E-state index is 12.4. The average Bonchev–Trinajstić information content (AvgIpc) is 1.88. The van der Waals surface area contributed by atoms with Crippen molar-refractivity contribution in [1.82, 2.24) is 0 Å². The summed E-state index contributed by atoms with van der Waals surface area (Å²) in [6.07, 6.45) is 3.66. The standard InChI is InChI=1S/C9H8F/c1-2-4-8-5-3-6-9(10)7-8/h2-4,6-7H,1H3/b4-2-. The first-order chi connectivity index (χ1) is 4.83. The first-order valence-corrected chi connectivity index (χ1v) is 3.13. The summed E-state index contributed by atoms with van der Waals surface area (Å²) in [6, 6.07) is 7.28. The van der Waals surface area contributed by atoms with E-state index in [9.17, 15) is 4.39 Å². The first-order valence-electron chi connectivity index (χ1n) is 3.13. The van der Waals surface area contributed by atoms with Gasteiger partial charge in [0.15, 0.2) is 0 Å². The third kappa shape index (κ3) is 1.69. The lowest BCUT2D eigenvalue weighted by molar-refractivity contribution is 0.627. The fraction of sp³-hybridized carbons (Fsp3) is 0.111. The molecule has 0 saturated heterocycles. The Balaban J connectivity index is 2.95. The second kappa shape index (κ2) is 3.16. The van der Waals surface area contributed by atoms with E-state index in [4.69, 9.17) is 0 Å². The Kier molecular flexibility index (Phi) is 2.21. The minimum Gasteiger partial charge on any atom is -0.207 e. The van der Waals surface area contributed by atoms with Crippen molar-refractivity contribution in [3.05, 3.63) is 41.7 Å². The highest BCUT2D eigenvalue weighted by molar-refractivity contribution is 5.47. The third-order valence-electron chi connectivity index (χ3n) is 1.13. The van der Waals surface area contributed by atoms with E-state index in [1.165, 1.54) is 12.1 Å². The molecule has 0 aliphatic rings. The van der Waals surface area contributed by atoms with Crippen molar-refractivity contribution in [2.45, 2.75) is 6.92 Å². The van der Waals surface area contributed by atoms with Crippen LogP contribution in [0.3, 0.4) is 0 Å². The van der Waals surface area contributed by atoms with Crippen LogP contribution in [0.15, 0.2) is 24.3 Å². The molecule has 0 aromatic heterocycles. The topological polar surface area (TPSA) is 0 Å². The maximum atomic E-state index is 12.4. The summed E-state index contributed by atoms with van der Waals surface area (Å²) in [4.78, 5) is 0. The maximum Gasteiger partial charge on any atom is 0.123 e. The van der Waals surface area contributed by atoms with Gasteiger partial charge in [-0.05, 0) is 30.7 Å². The van der Waals surface area contributed by atoms with Crippen LogP contribution in [0.1, 0.15) is 12.5 Å². The van der Waals surface area contributed by atoms with Crippen LogP contribution in [0.2, 0.25) is 0 Å². The third-order valence-corrected chi connectivity index (χ3v) is 1.13. The van der Waals surface area contributed by atoms with Crippen molar-refractivity contribution in [2.75, 3.05) is 0 Å². The molecular weight excluding hydrogens is 127 g/mol. The summed E-state index contributed by atoms with van der Waals surface area (Å²) in [7, 11) is 0. The highest BCUT2D eigenvalue weighted by Gasteiger charge is 1.88. The Morgan fingerprint density at radius 3 is 3.00 bits per heavy atom. The van der Waals surface area contributed by atoms with Crippen molar-refractivity contribution >= 4 is 6.08 Å². The molecule has 51 valence electrons. The molecule has 1 heteroatoms. The van der Waals surface area contributed by atoms with Gasteiger partial charge in [0.25, 0.3) is 0 Å². The van der Waals surface area contributed by atoms with Gasteiger partial charge >= 0.3 is 0 Å². The molecule has 10 heavy (non-hydrogen) atoms. The van der Waals surface area contributed by atoms with Crippen LogP contribution in [-0.2, 0) is 0 Å². The normalized spacial score (nSPS) is 10.6. The molecule has 0 amide bonds. The fourth-order valence-corrected chi connectivity index (χ4v) is 0.732. The van der Waals surface area contributed by atoms with Gasteiger partial charge in [-0.25, -0.2) is 4.39 Å². The van der Waals surface area contributed by atoms with Gasteiger partial charge in [-0.3, -0.25) is 0 Å². The van der Waals surface area contributed by atoms with E-state index in [0.29, 0.717) is 0 Å². The fourth-order valence-electron chi connectivity index (χ4n) is 0.732. The van der Waals surface area contributed by atoms with Gasteiger partial charge in [0.1, 0.15) is 5.82 Å². The summed E-state index contributed by atoms with van der Waals surface area (Å²) in [6.45, 7) is 1.89. The van der Waals surface area contributed by atoms with Crippen LogP contribution in [0.4, 0.5) is 4.39 Å². The van der Waals surface area contributed by atoms with Gasteiger partial charge in [0, 0.05) is 0 Å². The van der Waals surface area contributed by atoms with Gasteiger partial charge < -0.3 is 0 Å². The molecule has 0 bridgehead atoms. The van der Waals surface area contributed by atoms with E-state index in [-0.39, 0.29) is 5.82 Å². The van der Waals surface area contributed by atoms with E-state index in [1.807, 2.05) is 19.1 Å². The molecule has 1 radical (unpaired) electrons. The molecular formula is C9H8F. The predicted octanol–water partition coefficient (Wildman–Crippen LogP) is 2.66. The second-order valence-electron chi connectivity index (χ2n) is 1.96. The highest BCUT2D eigenvalue weighted by atomic mass is 19.1. The molecule has 0 fully saturated rings. The molecule has 0 nitrogen and oxygen atoms in total. The minimum absolute atomic E-state index is 0.216. The molecule has 1 aromatic carbocycles. The summed E-state index contributed by atoms with van der Waals surface area (Å²) in [5.41, 5.74) is 0.780. The number of halogens is 1. The Bertz CT molecular complexity index is 238. The van der Waals surface area contributed by atoms with Crippen LogP contribution < -0.4 is 0 Å². The molecule has 0 aliphatic heterocycles. The first kappa shape index (κ1) is 7.00. The minimum atomic E-state index is -0.216. The quantitative estimate of drug-likeness (QED) is 0.555. The smallest absolute Gasteiger partial charge is 0.123 e. The summed E-state index contributed by atoms with van der Waals surface area (Å²) >= 11 is 0. The van der Waals surface area contributed by atoms with Crippen molar-refractivity contribution in [2.24, 2.45) is 0 Å². The summed E-state index contributed by atoms with van der Waals surface area (Å²) in [5.74, 6) is -0.216. The SMILES string of the molecule is C/C=C\c1[c]ccc(F)c1. The second-order valence-corrected chi connectivity index (χ2v) is 1.96. The molecule has 0 saturated carbocycles. The van der Waals surface area contributed by atoms with Gasteiger partial charge in [-0.2, -0.15) is 0 Å². The largest absolute Gasteiger partial charge is 0.207 e. The molecule has 0 N–H and O–H groups in total. The van der Waals surface area contributed by atoms with Gasteiger partial charge in [0.2, 0.25) is 0 Å². The van der Waals surface area contributed by atoms with Gasteiger partial charge in [-0.1, -0.05) is 18.2 Å². The zero-order chi connectivity index (χ0) is 7.40. The number of hydrogen-bond acceptors (Lipinski definition) is 0. The Morgan fingerprint density at radius 1 is 1.60 bits per heavy atom. The zero-order valence-electron chi connectivity index (χ0n) is 5.76. The highest BCUT2D eigenvalue weighted by Crippen LogP contribution is 2.03. The molecule has 0 spiro atoms. The molecule has 0 unspecified atom stereocenters. The van der Waals surface area contributed by atoms with Crippen molar-refractivity contribution in [1.29, 1.82) is 0 Å². The Hall–Kier alpha value is -1.11. The molecule has 0 aliphatic carbocycles. The van der Waals surface area contributed by atoms with Crippen LogP contribution in [0, 0.1) is 11.9 Å². The number of allylic oxidation sites excluding steroid dienone is 1. The predicted molar refractivity (Wildman–Crippen MR) is 39.9 cm³/mol. The van der Waals surface area contributed by atoms with Crippen LogP contribution in [0.25, 0.3) is 6.08 Å². The average molecular weight is 135 g/mol. The number of rotatable bonds is 1. The van der Waals surface area contributed by atoms with E-state index < -0.39 is 0 Å². The summed E-state index contributed by atoms with van der Waals surface area (Å²) < 4.78 is 12.4. The van der Waals surface area contributed by atoms with Crippen LogP contribution in [0.5, 0.6) is 0 Å². The Morgan fingerprint density at radius 2 is 2.40 bits per heavy atom. The van der Waals surface area contributed by atoms with Crippen LogP contribution in [-0.4, -0.2) is 0 Å². The Labute approximate surface area is 60.0 Å². The molecule has 0 heterocycles. The lowest BCUT2D eigenvalue weighted by Crippen LogP contribution is -1.74.